The minimum Gasteiger partial charge on any atom is -0.468 e. The van der Waals surface area contributed by atoms with Crippen LogP contribution in [0, 0.1) is 5.92 Å². The van der Waals surface area contributed by atoms with Crippen molar-refractivity contribution in [3.8, 4) is 0 Å². The summed E-state index contributed by atoms with van der Waals surface area (Å²) in [5.41, 5.74) is -0.480. The van der Waals surface area contributed by atoms with Crippen LogP contribution in [0.3, 0.4) is 0 Å². The number of rotatable bonds is 16. The molecule has 1 heterocycles. The molecule has 0 spiro atoms. The SMILES string of the molecule is COC(=O)CSCCCS[C@H]1C(=O)C[C@@H](O[Si](C)(C)C(C)(C)C)[C@@H]1C=C[C@](C)(CCc1cc2ccccc2s1)O[Si](C)(C)C(C)(C)C. The minimum atomic E-state index is -2.12. The first-order valence-corrected chi connectivity index (χ1v) is 25.9. The molecule has 5 nitrogen and oxygen atoms in total. The molecule has 1 saturated carbocycles. The molecule has 0 bridgehead atoms. The molecule has 3 rings (SSSR count). The van der Waals surface area contributed by atoms with E-state index in [9.17, 15) is 9.59 Å². The Morgan fingerprint density at radius 1 is 1.00 bits per heavy atom. The lowest BCUT2D eigenvalue weighted by molar-refractivity contribution is -0.137. The number of Topliss-reactive ketones (excluding diaryl/α,β-unsaturated/α-hetero) is 1. The number of fused-ring (bicyclic) bond motifs is 1. The number of carbonyl (C=O) groups excluding carboxylic acids is 2. The molecule has 47 heavy (non-hydrogen) atoms. The molecule has 1 aliphatic rings. The maximum Gasteiger partial charge on any atom is 0.315 e. The van der Waals surface area contributed by atoms with Crippen molar-refractivity contribution in [2.45, 2.75) is 127 Å². The quantitative estimate of drug-likeness (QED) is 0.0736. The largest absolute Gasteiger partial charge is 0.468 e. The summed E-state index contributed by atoms with van der Waals surface area (Å²) in [5, 5.41) is 1.28. The van der Waals surface area contributed by atoms with Crippen LogP contribution in [0.25, 0.3) is 10.1 Å². The molecule has 0 amide bonds. The highest BCUT2D eigenvalue weighted by Gasteiger charge is 2.48. The third-order valence-corrected chi connectivity index (χ3v) is 23.0. The summed E-state index contributed by atoms with van der Waals surface area (Å²) in [6.45, 7) is 25.2. The molecule has 1 fully saturated rings. The molecular formula is C37H60O5S3Si2. The number of carbonyl (C=O) groups is 2. The first-order valence-electron chi connectivity index (χ1n) is 17.0. The van der Waals surface area contributed by atoms with Crippen LogP contribution in [0.2, 0.25) is 36.3 Å². The smallest absolute Gasteiger partial charge is 0.315 e. The first-order chi connectivity index (χ1) is 21.7. The van der Waals surface area contributed by atoms with E-state index in [4.69, 9.17) is 13.6 Å². The number of esters is 1. The van der Waals surface area contributed by atoms with Gasteiger partial charge in [0.1, 0.15) is 5.78 Å². The van der Waals surface area contributed by atoms with Gasteiger partial charge in [0, 0.05) is 21.9 Å². The lowest BCUT2D eigenvalue weighted by Crippen LogP contribution is -2.48. The van der Waals surface area contributed by atoms with Crippen LogP contribution in [0.1, 0.15) is 72.6 Å². The number of ether oxygens (including phenoxy) is 1. The van der Waals surface area contributed by atoms with E-state index >= 15 is 0 Å². The van der Waals surface area contributed by atoms with Crippen molar-refractivity contribution in [1.29, 1.82) is 0 Å². The molecule has 1 aromatic carbocycles. The maximum absolute atomic E-state index is 13.7. The molecular weight excluding hydrogens is 677 g/mol. The van der Waals surface area contributed by atoms with Crippen LogP contribution in [0.5, 0.6) is 0 Å². The summed E-state index contributed by atoms with van der Waals surface area (Å²) >= 11 is 5.22. The second kappa shape index (κ2) is 16.4. The number of methoxy groups -OCH3 is 1. The number of benzene rings is 1. The van der Waals surface area contributed by atoms with Crippen LogP contribution in [-0.2, 0) is 29.6 Å². The first kappa shape index (κ1) is 40.5. The third-order valence-electron chi connectivity index (χ3n) is 10.2. The Balaban J connectivity index is 1.89. The highest BCUT2D eigenvalue weighted by atomic mass is 32.2. The zero-order valence-corrected chi connectivity index (χ0v) is 35.4. The van der Waals surface area contributed by atoms with Crippen molar-refractivity contribution in [3.05, 3.63) is 47.4 Å². The van der Waals surface area contributed by atoms with Crippen LogP contribution in [-0.4, -0.2) is 69.7 Å². The molecule has 0 saturated heterocycles. The van der Waals surface area contributed by atoms with Gasteiger partial charge in [-0.2, -0.15) is 11.8 Å². The van der Waals surface area contributed by atoms with Gasteiger partial charge in [-0.15, -0.1) is 23.1 Å². The zero-order valence-electron chi connectivity index (χ0n) is 31.0. The average molecular weight is 737 g/mol. The van der Waals surface area contributed by atoms with Crippen molar-refractivity contribution >= 4 is 73.3 Å². The fourth-order valence-electron chi connectivity index (χ4n) is 5.30. The molecule has 1 aromatic heterocycles. The molecule has 2 aromatic rings. The number of thioether (sulfide) groups is 2. The van der Waals surface area contributed by atoms with E-state index in [1.165, 1.54) is 22.1 Å². The second-order valence-electron chi connectivity index (χ2n) is 16.2. The molecule has 0 radical (unpaired) electrons. The maximum atomic E-state index is 13.7. The average Bonchev–Trinajstić information content (AvgIpc) is 3.50. The molecule has 0 unspecified atom stereocenters. The molecule has 4 atom stereocenters. The topological polar surface area (TPSA) is 61.8 Å². The zero-order chi connectivity index (χ0) is 35.3. The Kier molecular flexibility index (Phi) is 14.2. The summed E-state index contributed by atoms with van der Waals surface area (Å²) in [5.74, 6) is 2.17. The molecule has 0 aliphatic heterocycles. The number of hydrogen-bond donors (Lipinski definition) is 0. The van der Waals surface area contributed by atoms with E-state index < -0.39 is 22.2 Å². The van der Waals surface area contributed by atoms with Gasteiger partial charge in [-0.25, -0.2) is 0 Å². The van der Waals surface area contributed by atoms with Gasteiger partial charge in [0.15, 0.2) is 16.6 Å². The standard InChI is InChI=1S/C37H60O5S3Si2/c1-35(2,3)46(9,10)41-31-25-30(38)34(44-23-15-22-43-26-33(39)40-8)29(31)19-21-37(7,42-47(11,12)36(4,5)6)20-18-28-24-27-16-13-14-17-32(27)45-28/h13-14,16-17,19,21,24,29,31,34H,15,18,20,22-23,25-26H2,1-12H3/t29-,31+,34+,37-/m0/s1. The van der Waals surface area contributed by atoms with Gasteiger partial charge in [-0.3, -0.25) is 9.59 Å². The van der Waals surface area contributed by atoms with Crippen molar-refractivity contribution in [2.75, 3.05) is 24.4 Å². The van der Waals surface area contributed by atoms with Crippen molar-refractivity contribution in [3.63, 3.8) is 0 Å². The Morgan fingerprint density at radius 3 is 2.28 bits per heavy atom. The summed E-state index contributed by atoms with van der Waals surface area (Å²) in [6, 6.07) is 10.9. The summed E-state index contributed by atoms with van der Waals surface area (Å²) in [4.78, 5) is 26.5. The van der Waals surface area contributed by atoms with E-state index in [0.717, 1.165) is 30.8 Å². The molecule has 10 heteroatoms. The predicted octanol–water partition coefficient (Wildman–Crippen LogP) is 10.5. The Bertz CT molecular complexity index is 1340. The van der Waals surface area contributed by atoms with E-state index in [2.05, 4.69) is 117 Å². The monoisotopic (exact) mass is 736 g/mol. The Morgan fingerprint density at radius 2 is 1.66 bits per heavy atom. The number of hydrogen-bond acceptors (Lipinski definition) is 8. The second-order valence-corrected chi connectivity index (χ2v) is 29.2. The van der Waals surface area contributed by atoms with Crippen molar-refractivity contribution < 1.29 is 23.2 Å². The summed E-state index contributed by atoms with van der Waals surface area (Å²) < 4.78 is 20.3. The van der Waals surface area contributed by atoms with Gasteiger partial charge < -0.3 is 13.6 Å². The Hall–Kier alpha value is -0.886. The lowest BCUT2D eigenvalue weighted by Gasteiger charge is -2.43. The molecule has 0 N–H and O–H groups in total. The van der Waals surface area contributed by atoms with Gasteiger partial charge in [0.05, 0.1) is 29.8 Å². The van der Waals surface area contributed by atoms with Crippen molar-refractivity contribution in [1.82, 2.24) is 0 Å². The Labute approximate surface area is 300 Å². The fraction of sp³-hybridized carbons (Fsp3) is 0.676. The third kappa shape index (κ3) is 11.3. The van der Waals surface area contributed by atoms with Gasteiger partial charge in [0.25, 0.3) is 0 Å². The predicted molar refractivity (Wildman–Crippen MR) is 211 cm³/mol. The molecule has 1 aliphatic carbocycles. The highest BCUT2D eigenvalue weighted by molar-refractivity contribution is 8.01. The van der Waals surface area contributed by atoms with Crippen LogP contribution in [0.15, 0.2) is 42.5 Å². The van der Waals surface area contributed by atoms with Gasteiger partial charge in [0.2, 0.25) is 0 Å². The van der Waals surface area contributed by atoms with Crippen LogP contribution < -0.4 is 0 Å². The number of aryl methyl sites for hydroxylation is 1. The number of ketones is 1. The van der Waals surface area contributed by atoms with Crippen LogP contribution in [0.4, 0.5) is 0 Å². The highest BCUT2D eigenvalue weighted by Crippen LogP contribution is 2.45. The van der Waals surface area contributed by atoms with E-state index in [0.29, 0.717) is 12.2 Å². The van der Waals surface area contributed by atoms with Gasteiger partial charge in [-0.1, -0.05) is 71.9 Å². The van der Waals surface area contributed by atoms with Crippen LogP contribution >= 0.6 is 34.9 Å². The lowest BCUT2D eigenvalue weighted by atomic mass is 9.95. The van der Waals surface area contributed by atoms with Gasteiger partial charge >= 0.3 is 5.97 Å². The molecule has 264 valence electrons. The fourth-order valence-corrected chi connectivity index (χ4v) is 11.7. The summed E-state index contributed by atoms with van der Waals surface area (Å²) in [6.07, 6.45) is 7.65. The number of thiophene rings is 1. The van der Waals surface area contributed by atoms with Crippen molar-refractivity contribution in [2.24, 2.45) is 5.92 Å². The van der Waals surface area contributed by atoms with Gasteiger partial charge in [-0.05, 0) is 91.5 Å². The van der Waals surface area contributed by atoms with E-state index in [1.54, 1.807) is 23.5 Å². The normalized spacial score (nSPS) is 21.1. The van der Waals surface area contributed by atoms with E-state index in [-0.39, 0.29) is 39.1 Å². The van der Waals surface area contributed by atoms with E-state index in [1.807, 2.05) is 11.3 Å². The minimum absolute atomic E-state index is 0.0176. The summed E-state index contributed by atoms with van der Waals surface area (Å²) in [7, 11) is -2.81.